The molecule has 3 aromatic carbocycles. The van der Waals surface area contributed by atoms with Gasteiger partial charge in [-0.05, 0) is 59.5 Å². The maximum atomic E-state index is 14.7. The topological polar surface area (TPSA) is 24.9 Å². The molecule has 0 bridgehead atoms. The standard InChI is InChI=1S/C28H23ClF4N2/c1-19-7-5-6-10-21(19)17-35-27(16-20-8-3-2-4-9-20,26-12-11-24(29)18-34-26)22-13-23(28(31,32)33)15-25(30)14-22/h2-15,18,35H,16-17H2,1H3. The highest BCUT2D eigenvalue weighted by molar-refractivity contribution is 6.30. The molecule has 0 spiro atoms. The molecule has 35 heavy (non-hydrogen) atoms. The van der Waals surface area contributed by atoms with Crippen molar-refractivity contribution in [1.82, 2.24) is 10.3 Å². The van der Waals surface area contributed by atoms with Gasteiger partial charge in [0, 0.05) is 19.2 Å². The largest absolute Gasteiger partial charge is 0.416 e. The third-order valence-corrected chi connectivity index (χ3v) is 6.26. The molecule has 1 unspecified atom stereocenters. The smallest absolute Gasteiger partial charge is 0.298 e. The molecule has 0 radical (unpaired) electrons. The Bertz CT molecular complexity index is 1290. The fourth-order valence-corrected chi connectivity index (χ4v) is 4.29. The third-order valence-electron chi connectivity index (χ3n) is 6.04. The lowest BCUT2D eigenvalue weighted by atomic mass is 9.79. The van der Waals surface area contributed by atoms with Gasteiger partial charge in [-0.2, -0.15) is 13.2 Å². The molecule has 1 N–H and O–H groups in total. The molecule has 1 aromatic heterocycles. The predicted octanol–water partition coefficient (Wildman–Crippen LogP) is 7.48. The first-order chi connectivity index (χ1) is 16.7. The highest BCUT2D eigenvalue weighted by Gasteiger charge is 2.39. The SMILES string of the molecule is Cc1ccccc1CNC(Cc1ccccc1)(c1cc(F)cc(C(F)(F)F)c1)c1ccc(Cl)cn1. The molecule has 1 atom stereocenters. The molecule has 2 nitrogen and oxygen atoms in total. The van der Waals surface area contributed by atoms with Crippen LogP contribution in [-0.2, 0) is 24.7 Å². The van der Waals surface area contributed by atoms with Gasteiger partial charge in [-0.3, -0.25) is 10.3 Å². The van der Waals surface area contributed by atoms with Crippen molar-refractivity contribution in [3.63, 3.8) is 0 Å². The molecular formula is C28H23ClF4N2. The lowest BCUT2D eigenvalue weighted by Gasteiger charge is -2.36. The van der Waals surface area contributed by atoms with Crippen LogP contribution in [0.15, 0.2) is 91.1 Å². The summed E-state index contributed by atoms with van der Waals surface area (Å²) in [5.41, 5.74) is 1.04. The molecule has 0 aliphatic rings. The van der Waals surface area contributed by atoms with Crippen molar-refractivity contribution in [3.05, 3.63) is 135 Å². The predicted molar refractivity (Wildman–Crippen MR) is 130 cm³/mol. The average molecular weight is 499 g/mol. The molecule has 4 aromatic rings. The summed E-state index contributed by atoms with van der Waals surface area (Å²) >= 11 is 6.08. The number of nitrogens with zero attached hydrogens (tertiary/aromatic N) is 1. The number of aryl methyl sites for hydroxylation is 1. The minimum absolute atomic E-state index is 0.122. The van der Waals surface area contributed by atoms with E-state index in [2.05, 4.69) is 10.3 Å². The van der Waals surface area contributed by atoms with E-state index in [-0.39, 0.29) is 12.0 Å². The van der Waals surface area contributed by atoms with Crippen LogP contribution in [0.4, 0.5) is 17.6 Å². The Balaban J connectivity index is 1.94. The Kier molecular flexibility index (Phi) is 7.24. The zero-order valence-corrected chi connectivity index (χ0v) is 19.7. The Hall–Kier alpha value is -3.22. The maximum absolute atomic E-state index is 14.7. The molecule has 0 saturated heterocycles. The fraction of sp³-hybridized carbons (Fsp3) is 0.179. The molecule has 0 amide bonds. The monoisotopic (exact) mass is 498 g/mol. The van der Waals surface area contributed by atoms with Crippen LogP contribution in [-0.4, -0.2) is 4.98 Å². The Morgan fingerprint density at radius 3 is 2.20 bits per heavy atom. The van der Waals surface area contributed by atoms with Crippen LogP contribution in [0.25, 0.3) is 0 Å². The summed E-state index contributed by atoms with van der Waals surface area (Å²) in [5, 5.41) is 3.84. The van der Waals surface area contributed by atoms with Crippen molar-refractivity contribution >= 4 is 11.6 Å². The van der Waals surface area contributed by atoms with Gasteiger partial charge in [0.2, 0.25) is 0 Å². The Morgan fingerprint density at radius 1 is 0.857 bits per heavy atom. The van der Waals surface area contributed by atoms with Crippen LogP contribution in [0.5, 0.6) is 0 Å². The van der Waals surface area contributed by atoms with Crippen molar-refractivity contribution in [2.75, 3.05) is 0 Å². The van der Waals surface area contributed by atoms with E-state index in [1.807, 2.05) is 61.5 Å². The number of halogens is 5. The Labute approximate surface area is 206 Å². The molecule has 0 saturated carbocycles. The normalized spacial score (nSPS) is 13.4. The summed E-state index contributed by atoms with van der Waals surface area (Å²) in [5.74, 6) is -0.973. The number of aromatic nitrogens is 1. The molecule has 7 heteroatoms. The van der Waals surface area contributed by atoms with E-state index in [1.54, 1.807) is 12.1 Å². The van der Waals surface area contributed by atoms with Crippen molar-refractivity contribution in [2.45, 2.75) is 31.6 Å². The molecule has 0 aliphatic carbocycles. The summed E-state index contributed by atoms with van der Waals surface area (Å²) in [4.78, 5) is 4.48. The number of rotatable bonds is 7. The van der Waals surface area contributed by atoms with Gasteiger partial charge in [-0.15, -0.1) is 0 Å². The number of pyridine rings is 1. The van der Waals surface area contributed by atoms with E-state index in [0.29, 0.717) is 23.3 Å². The van der Waals surface area contributed by atoms with E-state index in [9.17, 15) is 17.6 Å². The molecule has 180 valence electrons. The van der Waals surface area contributed by atoms with Gasteiger partial charge in [0.05, 0.1) is 21.8 Å². The van der Waals surface area contributed by atoms with E-state index >= 15 is 0 Å². The van der Waals surface area contributed by atoms with E-state index in [4.69, 9.17) is 11.6 Å². The minimum atomic E-state index is -4.71. The van der Waals surface area contributed by atoms with Gasteiger partial charge in [0.1, 0.15) is 5.82 Å². The van der Waals surface area contributed by atoms with Crippen LogP contribution in [0, 0.1) is 12.7 Å². The van der Waals surface area contributed by atoms with Crippen LogP contribution < -0.4 is 5.32 Å². The highest BCUT2D eigenvalue weighted by atomic mass is 35.5. The summed E-state index contributed by atoms with van der Waals surface area (Å²) in [6.07, 6.45) is -3.04. The lowest BCUT2D eigenvalue weighted by molar-refractivity contribution is -0.137. The first kappa shape index (κ1) is 24.9. The van der Waals surface area contributed by atoms with Crippen LogP contribution >= 0.6 is 11.6 Å². The zero-order valence-electron chi connectivity index (χ0n) is 18.9. The van der Waals surface area contributed by atoms with Gasteiger partial charge in [-0.1, -0.05) is 66.2 Å². The lowest BCUT2D eigenvalue weighted by Crippen LogP contribution is -2.46. The second-order valence-corrected chi connectivity index (χ2v) is 8.87. The second-order valence-electron chi connectivity index (χ2n) is 8.44. The Morgan fingerprint density at radius 2 is 1.54 bits per heavy atom. The van der Waals surface area contributed by atoms with Crippen LogP contribution in [0.1, 0.15) is 33.5 Å². The summed E-state index contributed by atoms with van der Waals surface area (Å²) in [7, 11) is 0. The molecule has 0 fully saturated rings. The molecular weight excluding hydrogens is 476 g/mol. The van der Waals surface area contributed by atoms with Crippen LogP contribution in [0.3, 0.4) is 0 Å². The number of benzene rings is 3. The third kappa shape index (κ3) is 5.72. The van der Waals surface area contributed by atoms with Crippen LogP contribution in [0.2, 0.25) is 5.02 Å². The van der Waals surface area contributed by atoms with Gasteiger partial charge < -0.3 is 0 Å². The highest BCUT2D eigenvalue weighted by Crippen LogP contribution is 2.38. The first-order valence-electron chi connectivity index (χ1n) is 11.0. The number of nitrogens with one attached hydrogen (secondary N) is 1. The van der Waals surface area contributed by atoms with E-state index in [1.165, 1.54) is 6.20 Å². The second kappa shape index (κ2) is 10.2. The van der Waals surface area contributed by atoms with Crippen molar-refractivity contribution in [2.24, 2.45) is 0 Å². The number of hydrogen-bond donors (Lipinski definition) is 1. The van der Waals surface area contributed by atoms with E-state index in [0.717, 1.165) is 28.8 Å². The quantitative estimate of drug-likeness (QED) is 0.267. The average Bonchev–Trinajstić information content (AvgIpc) is 2.83. The van der Waals surface area contributed by atoms with Gasteiger partial charge in [0.15, 0.2) is 0 Å². The van der Waals surface area contributed by atoms with Gasteiger partial charge >= 0.3 is 6.18 Å². The van der Waals surface area contributed by atoms with Gasteiger partial charge in [0.25, 0.3) is 0 Å². The van der Waals surface area contributed by atoms with Crippen molar-refractivity contribution < 1.29 is 17.6 Å². The maximum Gasteiger partial charge on any atom is 0.416 e. The summed E-state index contributed by atoms with van der Waals surface area (Å²) in [6.45, 7) is 2.28. The summed E-state index contributed by atoms with van der Waals surface area (Å²) < 4.78 is 55.8. The first-order valence-corrected chi connectivity index (χ1v) is 11.4. The van der Waals surface area contributed by atoms with Crippen molar-refractivity contribution in [3.8, 4) is 0 Å². The number of alkyl halides is 3. The minimum Gasteiger partial charge on any atom is -0.298 e. The molecule has 0 aliphatic heterocycles. The van der Waals surface area contributed by atoms with Gasteiger partial charge in [-0.25, -0.2) is 4.39 Å². The number of hydrogen-bond acceptors (Lipinski definition) is 2. The van der Waals surface area contributed by atoms with Crippen molar-refractivity contribution in [1.29, 1.82) is 0 Å². The fourth-order valence-electron chi connectivity index (χ4n) is 4.18. The molecule has 1 heterocycles. The zero-order chi connectivity index (χ0) is 25.1. The molecule has 4 rings (SSSR count). The summed E-state index contributed by atoms with van der Waals surface area (Å²) in [6, 6.07) is 23.0. The van der Waals surface area contributed by atoms with E-state index < -0.39 is 23.1 Å².